The van der Waals surface area contributed by atoms with Crippen LogP contribution in [0.3, 0.4) is 0 Å². The number of piperidine rings is 2. The highest BCUT2D eigenvalue weighted by molar-refractivity contribution is 9.11. The number of carbonyl (C=O) groups is 2. The van der Waals surface area contributed by atoms with Gasteiger partial charge in [0.2, 0.25) is 0 Å². The van der Waals surface area contributed by atoms with Crippen LogP contribution in [0.15, 0.2) is 119 Å². The van der Waals surface area contributed by atoms with Gasteiger partial charge in [0.05, 0.1) is 20.3 Å². The predicted molar refractivity (Wildman–Crippen MR) is 276 cm³/mol. The number of hydrogen-bond acceptors (Lipinski definition) is 14. The standard InChI is InChI=1S/2C22H24BrN5O5S.2ClH/c2*1-26(16-7-9-27(10-8-16)17-5-6-19(23)21(29)12-17)22(30)28-13-20(25-14-28)15-3-2-4-18(11-15)33-34(24,31)32;;/h2*2-6,11-14,16,29H,7-10H2,1H3,(H2,24,31,32);2*1H. The number of phenolic OH excluding ortho intramolecular Hbond substituents is 2. The molecule has 2 aliphatic rings. The molecule has 6 aromatic rings. The van der Waals surface area contributed by atoms with Crippen molar-refractivity contribution in [3.8, 4) is 45.5 Å². The van der Waals surface area contributed by atoms with Crippen molar-refractivity contribution >= 4 is 101 Å². The van der Waals surface area contributed by atoms with Crippen LogP contribution in [0.5, 0.6) is 23.0 Å². The number of nitrogens with two attached hydrogens (primary N) is 2. The molecule has 26 heteroatoms. The minimum Gasteiger partial charge on any atom is -0.507 e. The van der Waals surface area contributed by atoms with Crippen LogP contribution in [0, 0.1) is 0 Å². The monoisotopic (exact) mass is 1170 g/mol. The zero-order chi connectivity index (χ0) is 48.9. The summed E-state index contributed by atoms with van der Waals surface area (Å²) in [5.74, 6) is 0.516. The highest BCUT2D eigenvalue weighted by Crippen LogP contribution is 2.33. The maximum absolute atomic E-state index is 13.1. The number of nitrogens with zero attached hydrogens (tertiary/aromatic N) is 8. The number of phenols is 2. The van der Waals surface area contributed by atoms with Crippen LogP contribution < -0.4 is 28.4 Å². The Kier molecular flexibility index (Phi) is 18.6. The maximum Gasteiger partial charge on any atom is 0.380 e. The largest absolute Gasteiger partial charge is 0.507 e. The van der Waals surface area contributed by atoms with Gasteiger partial charge in [-0.05, 0) is 106 Å². The summed E-state index contributed by atoms with van der Waals surface area (Å²) in [6.07, 6.45) is 9.19. The first-order valence-electron chi connectivity index (χ1n) is 21.0. The van der Waals surface area contributed by atoms with Crippen molar-refractivity contribution in [2.75, 3.05) is 50.1 Å². The molecule has 0 aliphatic carbocycles. The van der Waals surface area contributed by atoms with E-state index in [0.717, 1.165) is 63.2 Å². The van der Waals surface area contributed by atoms with Gasteiger partial charge in [-0.1, -0.05) is 24.3 Å². The number of amides is 2. The van der Waals surface area contributed by atoms with E-state index in [9.17, 15) is 36.6 Å². The number of halogens is 4. The summed E-state index contributed by atoms with van der Waals surface area (Å²) in [6, 6.07) is 23.3. The number of hydrogen-bond donors (Lipinski definition) is 4. The molecule has 2 amide bonds. The Hall–Kier alpha value is -5.60. The van der Waals surface area contributed by atoms with Crippen molar-refractivity contribution < 1.29 is 45.0 Å². The quantitative estimate of drug-likeness (QED) is 0.106. The molecule has 2 aliphatic heterocycles. The van der Waals surface area contributed by atoms with E-state index in [1.54, 1.807) is 72.7 Å². The molecule has 0 atom stereocenters. The second-order valence-corrected chi connectivity index (χ2v) is 20.0. The second kappa shape index (κ2) is 23.5. The number of aromatic nitrogens is 4. The lowest BCUT2D eigenvalue weighted by Crippen LogP contribution is -2.46. The summed E-state index contributed by atoms with van der Waals surface area (Å²) in [4.78, 5) is 42.5. The highest BCUT2D eigenvalue weighted by atomic mass is 79.9. The SMILES string of the molecule is CN(C(=O)n1cnc(-c2cccc(OS(N)(=O)=O)c2)c1)C1CCN(c2ccc(Br)c(O)c2)CC1.CN(C(=O)n1cnc(-c2cccc(OS(N)(=O)=O)c2)c1)C1CCN(c2ccc(Br)c(O)c2)CC1.Cl.Cl. The van der Waals surface area contributed by atoms with E-state index in [1.165, 1.54) is 46.1 Å². The van der Waals surface area contributed by atoms with Crippen molar-refractivity contribution in [3.63, 3.8) is 0 Å². The average Bonchev–Trinajstić information content (AvgIpc) is 4.01. The first-order chi connectivity index (χ1) is 32.2. The fraction of sp³-hybridized carbons (Fsp3) is 0.273. The fourth-order valence-electron chi connectivity index (χ4n) is 7.93. The summed E-state index contributed by atoms with van der Waals surface area (Å²) in [7, 11) is -4.73. The number of carbonyl (C=O) groups excluding carboxylic acids is 2. The van der Waals surface area contributed by atoms with Gasteiger partial charge in [-0.25, -0.2) is 19.6 Å². The molecule has 8 rings (SSSR count). The Labute approximate surface area is 434 Å². The van der Waals surface area contributed by atoms with Crippen molar-refractivity contribution in [1.82, 2.24) is 28.9 Å². The second-order valence-electron chi connectivity index (χ2n) is 16.0. The Morgan fingerprint density at radius 1 is 0.614 bits per heavy atom. The fourth-order valence-corrected chi connectivity index (χ4v) is 9.17. The summed E-state index contributed by atoms with van der Waals surface area (Å²) >= 11 is 6.59. The Balaban J connectivity index is 0.000000254. The molecule has 0 spiro atoms. The zero-order valence-electron chi connectivity index (χ0n) is 37.5. The lowest BCUT2D eigenvalue weighted by molar-refractivity contribution is 0.180. The Morgan fingerprint density at radius 2 is 0.971 bits per heavy atom. The van der Waals surface area contributed by atoms with Gasteiger partial charge in [0.1, 0.15) is 35.7 Å². The van der Waals surface area contributed by atoms with Crippen molar-refractivity contribution in [3.05, 3.63) is 119 Å². The van der Waals surface area contributed by atoms with Crippen LogP contribution in [-0.2, 0) is 20.6 Å². The number of benzene rings is 4. The van der Waals surface area contributed by atoms with Gasteiger partial charge in [0, 0.05) is 99.4 Å². The van der Waals surface area contributed by atoms with Gasteiger partial charge < -0.3 is 38.2 Å². The van der Waals surface area contributed by atoms with E-state index in [-0.39, 0.29) is 72.0 Å². The molecule has 20 nitrogen and oxygen atoms in total. The number of aromatic hydroxyl groups is 2. The minimum atomic E-state index is -4.14. The van der Waals surface area contributed by atoms with Crippen LogP contribution in [0.2, 0.25) is 0 Å². The molecule has 6 N–H and O–H groups in total. The third-order valence-electron chi connectivity index (χ3n) is 11.5. The molecular formula is C44H50Br2Cl2N10O10S2. The third kappa shape index (κ3) is 14.3. The highest BCUT2D eigenvalue weighted by Gasteiger charge is 2.29. The molecule has 2 aromatic heterocycles. The summed E-state index contributed by atoms with van der Waals surface area (Å²) < 4.78 is 58.2. The lowest BCUT2D eigenvalue weighted by Gasteiger charge is -2.37. The van der Waals surface area contributed by atoms with Gasteiger partial charge in [0.25, 0.3) is 0 Å². The normalized spacial score (nSPS) is 14.3. The molecule has 4 heterocycles. The number of rotatable bonds is 10. The van der Waals surface area contributed by atoms with Crippen LogP contribution in [0.25, 0.3) is 22.5 Å². The smallest absolute Gasteiger partial charge is 0.380 e. The predicted octanol–water partition coefficient (Wildman–Crippen LogP) is 7.18. The molecule has 2 saturated heterocycles. The third-order valence-corrected chi connectivity index (χ3v) is 13.7. The van der Waals surface area contributed by atoms with E-state index in [2.05, 4.69) is 51.6 Å². The molecule has 0 unspecified atom stereocenters. The van der Waals surface area contributed by atoms with Gasteiger partial charge in [0.15, 0.2) is 0 Å². The van der Waals surface area contributed by atoms with Gasteiger partial charge in [-0.15, -0.1) is 24.8 Å². The topological polar surface area (TPSA) is 262 Å². The van der Waals surface area contributed by atoms with Gasteiger partial charge in [-0.3, -0.25) is 9.13 Å². The number of imidazole rings is 2. The molecule has 4 aromatic carbocycles. The van der Waals surface area contributed by atoms with Crippen molar-refractivity contribution in [2.45, 2.75) is 37.8 Å². The van der Waals surface area contributed by atoms with Crippen LogP contribution in [0.1, 0.15) is 25.7 Å². The average molecular weight is 1170 g/mol. The van der Waals surface area contributed by atoms with Crippen LogP contribution in [-0.4, -0.2) is 120 Å². The molecular weight excluding hydrogens is 1120 g/mol. The lowest BCUT2D eigenvalue weighted by atomic mass is 10.0. The van der Waals surface area contributed by atoms with Gasteiger partial charge in [-0.2, -0.15) is 27.1 Å². The van der Waals surface area contributed by atoms with Gasteiger partial charge >= 0.3 is 32.7 Å². The van der Waals surface area contributed by atoms with E-state index >= 15 is 0 Å². The Morgan fingerprint density at radius 3 is 1.30 bits per heavy atom. The molecule has 70 heavy (non-hydrogen) atoms. The Bertz CT molecular complexity index is 2820. The minimum absolute atomic E-state index is 0. The molecule has 376 valence electrons. The van der Waals surface area contributed by atoms with E-state index in [4.69, 9.17) is 18.6 Å². The van der Waals surface area contributed by atoms with Crippen LogP contribution >= 0.6 is 56.7 Å². The van der Waals surface area contributed by atoms with Crippen molar-refractivity contribution in [2.24, 2.45) is 10.3 Å². The van der Waals surface area contributed by atoms with E-state index in [0.29, 0.717) is 31.5 Å². The molecule has 2 fully saturated rings. The molecule has 0 saturated carbocycles. The maximum atomic E-state index is 13.1. The van der Waals surface area contributed by atoms with Crippen molar-refractivity contribution in [1.29, 1.82) is 0 Å². The van der Waals surface area contributed by atoms with Crippen LogP contribution in [0.4, 0.5) is 21.0 Å². The summed E-state index contributed by atoms with van der Waals surface area (Å²) in [5.41, 5.74) is 4.04. The summed E-state index contributed by atoms with van der Waals surface area (Å²) in [5, 5.41) is 29.7. The first kappa shape index (κ1) is 55.3. The number of anilines is 2. The summed E-state index contributed by atoms with van der Waals surface area (Å²) in [6.45, 7) is 3.04. The molecule has 0 bridgehead atoms. The zero-order valence-corrected chi connectivity index (χ0v) is 43.9. The first-order valence-corrected chi connectivity index (χ1v) is 25.5. The van der Waals surface area contributed by atoms with E-state index < -0.39 is 20.6 Å². The van der Waals surface area contributed by atoms with E-state index in [1.807, 2.05) is 24.3 Å². The molecule has 0 radical (unpaired) electrons.